The fraction of sp³-hybridized carbons (Fsp3) is 0.358. The smallest absolute Gasteiger partial charge is 0.485 e. The second-order valence-corrected chi connectivity index (χ2v) is 31.1. The molecule has 7 N–H and O–H groups in total. The van der Waals surface area contributed by atoms with Crippen molar-refractivity contribution in [3.8, 4) is 27.6 Å². The lowest BCUT2D eigenvalue weighted by Crippen LogP contribution is -2.54. The summed E-state index contributed by atoms with van der Waals surface area (Å²) in [6.45, 7) is 12.5. The molecule has 0 spiro atoms. The molecule has 38 heteroatoms. The average Bonchev–Trinajstić information content (AvgIpc) is 1.60. The Balaban J connectivity index is 0.000000182. The number of carbonyl (C=O) groups excluding carboxylic acids is 11. The number of carboxylic acid groups (broad SMARTS) is 2. The summed E-state index contributed by atoms with van der Waals surface area (Å²) in [7, 11) is 0. The van der Waals surface area contributed by atoms with Crippen LogP contribution in [-0.2, 0) is 43.2 Å². The van der Waals surface area contributed by atoms with Crippen molar-refractivity contribution in [1.29, 1.82) is 5.26 Å². The zero-order chi connectivity index (χ0) is 86.0. The number of halogens is 4. The number of nitrogens with one attached hydrogen (secondary N) is 3. The number of piperidine rings is 2. The summed E-state index contributed by atoms with van der Waals surface area (Å²) >= 11 is 9.47. The molecule has 14 rings (SSSR count). The summed E-state index contributed by atoms with van der Waals surface area (Å²) in [6, 6.07) is 22.5. The summed E-state index contributed by atoms with van der Waals surface area (Å²) < 4.78 is 46.9. The van der Waals surface area contributed by atoms with Crippen LogP contribution in [0, 0.1) is 52.9 Å². The van der Waals surface area contributed by atoms with Crippen LogP contribution in [0.25, 0.3) is 10.0 Å². The van der Waals surface area contributed by atoms with E-state index in [1.165, 1.54) is 24.3 Å². The van der Waals surface area contributed by atoms with Crippen LogP contribution >= 0.6 is 34.3 Å². The molecule has 4 aromatic carbocycles. The van der Waals surface area contributed by atoms with Gasteiger partial charge in [-0.15, -0.1) is 43.1 Å². The van der Waals surface area contributed by atoms with Gasteiger partial charge in [0.1, 0.15) is 70.5 Å². The summed E-state index contributed by atoms with van der Waals surface area (Å²) in [5.74, 6) is -6.34. The molecule has 0 bridgehead atoms. The number of aliphatic carboxylic acids is 2. The van der Waals surface area contributed by atoms with Gasteiger partial charge in [0, 0.05) is 69.3 Å². The predicted octanol–water partition coefficient (Wildman–Crippen LogP) is 9.60. The van der Waals surface area contributed by atoms with Gasteiger partial charge in [0.15, 0.2) is 23.2 Å². The summed E-state index contributed by atoms with van der Waals surface area (Å²) in [5, 5.41) is 52.7. The number of amides is 9. The number of thiophene rings is 2. The second-order valence-electron chi connectivity index (χ2n) is 28.3. The van der Waals surface area contributed by atoms with Crippen LogP contribution in [0.3, 0.4) is 0 Å². The van der Waals surface area contributed by atoms with Crippen molar-refractivity contribution < 1.29 is 95.2 Å². The molecular formula is C81H79ClF3N15O17S2. The van der Waals surface area contributed by atoms with Crippen LogP contribution in [0.1, 0.15) is 215 Å². The van der Waals surface area contributed by atoms with Gasteiger partial charge in [-0.2, -0.15) is 18.4 Å². The molecule has 6 aliphatic rings. The van der Waals surface area contributed by atoms with Gasteiger partial charge in [-0.25, -0.2) is 4.79 Å². The lowest BCUT2D eigenvalue weighted by molar-refractivity contribution is -0.192. The average molecular weight is 1690 g/mol. The summed E-state index contributed by atoms with van der Waals surface area (Å²) in [4.78, 5) is 172. The van der Waals surface area contributed by atoms with Gasteiger partial charge in [-0.3, -0.25) is 97.1 Å². The van der Waals surface area contributed by atoms with E-state index in [1.807, 2.05) is 66.3 Å². The number of rotatable bonds is 25. The number of imide groups is 4. The number of alkyl halides is 3. The number of aryl methyl sites for hydroxylation is 4. The van der Waals surface area contributed by atoms with Gasteiger partial charge in [-0.05, 0) is 146 Å². The lowest BCUT2D eigenvalue weighted by Gasteiger charge is -2.27. The molecule has 119 heavy (non-hydrogen) atoms. The third-order valence-electron chi connectivity index (χ3n) is 20.1. The molecule has 0 radical (unpaired) electrons. The highest BCUT2D eigenvalue weighted by Gasteiger charge is 2.48. The summed E-state index contributed by atoms with van der Waals surface area (Å²) in [5.41, 5.74) is 13.6. The fourth-order valence-corrected chi connectivity index (χ4v) is 16.5. The zero-order valence-electron chi connectivity index (χ0n) is 65.0. The highest BCUT2D eigenvalue weighted by molar-refractivity contribution is 7.15. The number of nitriles is 1. The Morgan fingerprint density at radius 1 is 0.588 bits per heavy atom. The highest BCUT2D eigenvalue weighted by atomic mass is 35.5. The maximum Gasteiger partial charge on any atom is 0.490 e. The molecular weight excluding hydrogens is 1610 g/mol. The SMILES string of the molecule is Cc1sc2c(c1C)C(c1ccc(C#N)cc1)=N[C@@H](CC(=O)O)c1nnc(C)n1-2.Cc1sc2c(c1C)C(c1ccc(Cl)cc1)=N[C@@H](CC(=O)NCCCCCC(=O)COc1cccc3c1C(=O)N(C1CCC(=O)NC1=O)C3=O)c1nnc(C)n1-2.NCCCCCC(=O)COc1cccc2c1C(=O)N(C1CCC(=O)NC1=O)C2=O.O=C(O)C(F)(F)F. The normalized spacial score (nSPS) is 16.9. The number of nitrogens with zero attached hydrogens (tertiary/aromatic N) is 11. The van der Waals surface area contributed by atoms with Crippen molar-refractivity contribution in [1.82, 2.24) is 55.3 Å². The fourth-order valence-electron chi connectivity index (χ4n) is 13.9. The molecule has 4 aromatic heterocycles. The van der Waals surface area contributed by atoms with Gasteiger partial charge in [0.05, 0.1) is 58.2 Å². The van der Waals surface area contributed by atoms with Crippen LogP contribution in [-0.4, -0.2) is 182 Å². The first-order valence-corrected chi connectivity index (χ1v) is 39.7. The van der Waals surface area contributed by atoms with Crippen molar-refractivity contribution in [2.75, 3.05) is 26.3 Å². The van der Waals surface area contributed by atoms with Gasteiger partial charge in [-0.1, -0.05) is 60.8 Å². The van der Waals surface area contributed by atoms with E-state index in [0.29, 0.717) is 79.1 Å². The molecule has 620 valence electrons. The van der Waals surface area contributed by atoms with Crippen LogP contribution in [0.5, 0.6) is 11.5 Å². The number of carbonyl (C=O) groups is 13. The Morgan fingerprint density at radius 3 is 1.43 bits per heavy atom. The van der Waals surface area contributed by atoms with Gasteiger partial charge in [0.2, 0.25) is 29.5 Å². The Labute approximate surface area is 690 Å². The number of Topliss-reactive ketones (excluding diaryl/α,β-unsaturated/α-hetero) is 2. The Morgan fingerprint density at radius 2 is 1.02 bits per heavy atom. The Hall–Kier alpha value is -12.7. The number of fused-ring (bicyclic) bond motifs is 8. The molecule has 8 aromatic rings. The number of hydrogen-bond donors (Lipinski definition) is 6. The van der Waals surface area contributed by atoms with Gasteiger partial charge >= 0.3 is 18.1 Å². The number of aliphatic imine (C=N–C) groups is 2. The highest BCUT2D eigenvalue weighted by Crippen LogP contribution is 2.43. The number of nitrogens with two attached hydrogens (primary N) is 1. The third kappa shape index (κ3) is 19.5. The van der Waals surface area contributed by atoms with E-state index in [1.54, 1.807) is 46.9 Å². The maximum absolute atomic E-state index is 13.3. The number of unbranched alkanes of at least 4 members (excludes halogenated alkanes) is 4. The van der Waals surface area contributed by atoms with Crippen LogP contribution in [0.15, 0.2) is 94.9 Å². The molecule has 2 saturated heterocycles. The van der Waals surface area contributed by atoms with Gasteiger partial charge in [0.25, 0.3) is 23.6 Å². The molecule has 2 fully saturated rings. The lowest BCUT2D eigenvalue weighted by atomic mass is 9.99. The number of benzene rings is 4. The van der Waals surface area contributed by atoms with Crippen molar-refractivity contribution >= 4 is 122 Å². The molecule has 10 heterocycles. The second kappa shape index (κ2) is 37.7. The van der Waals surface area contributed by atoms with E-state index in [4.69, 9.17) is 52.0 Å². The molecule has 4 atom stereocenters. The zero-order valence-corrected chi connectivity index (χ0v) is 67.4. The minimum atomic E-state index is -5.08. The van der Waals surface area contributed by atoms with Crippen molar-refractivity contribution in [2.24, 2.45) is 15.7 Å². The predicted molar refractivity (Wildman–Crippen MR) is 423 cm³/mol. The number of hydrogen-bond acceptors (Lipinski definition) is 25. The van der Waals surface area contributed by atoms with Crippen molar-refractivity contribution in [2.45, 2.75) is 162 Å². The number of carboxylic acids is 2. The topological polar surface area (TPSA) is 459 Å². The molecule has 0 aliphatic carbocycles. The van der Waals surface area contributed by atoms with E-state index < -0.39 is 89.5 Å². The monoisotopic (exact) mass is 1690 g/mol. The van der Waals surface area contributed by atoms with E-state index in [0.717, 1.165) is 87.2 Å². The Kier molecular flexibility index (Phi) is 27.6. The van der Waals surface area contributed by atoms with E-state index in [9.17, 15) is 75.8 Å². The largest absolute Gasteiger partial charge is 0.490 e. The molecule has 6 aliphatic heterocycles. The minimum absolute atomic E-state index is 0.00633. The standard InChI is InChI=1S/C39H38ClN7O7S.C20H17N5O2S.C20H23N3O6.C2HF3O2/c1-20-21(2)55-39-32(20)34(23-11-13-24(40)14-12-23)42-27(35-45-44-22(3)46(35)39)18-31(50)41-17-6-4-5-8-25(48)19-54-29-10-7-9-26-33(29)38(53)47(37(26)52)28-15-16-30(49)43-36(28)51;1-10-11(2)28-20-17(10)18(14-6-4-13(9-21)5-7-14)22-15(8-16(26)27)19-24-23-12(3)25(19)20;21-10-3-1-2-5-12(24)11-29-15-7-4-6-13-17(15)20(28)23(19(13)27)14-8-9-16(25)22-18(14)26;3-2(4,5)1(6)7/h7,9-14,27-28H,4-6,8,15-19H2,1-3H3,(H,41,50)(H,43,49,51);4-7,15H,8H2,1-3H3,(H,26,27);4,6-7,14H,1-3,5,8-11,21H2,(H,22,25,26);(H,6,7)/t27-,28?;15-;;/m00../s1. The van der Waals surface area contributed by atoms with Crippen LogP contribution < -0.4 is 31.2 Å². The first-order valence-electron chi connectivity index (χ1n) is 37.7. The minimum Gasteiger partial charge on any atom is -0.485 e. The summed E-state index contributed by atoms with van der Waals surface area (Å²) in [6.07, 6.45) is -0.130. The third-order valence-corrected chi connectivity index (χ3v) is 22.8. The van der Waals surface area contributed by atoms with Crippen LogP contribution in [0.4, 0.5) is 13.2 Å². The number of ketones is 2. The molecule has 32 nitrogen and oxygen atoms in total. The number of ether oxygens (including phenoxy) is 2. The molecule has 9 amide bonds. The number of aromatic nitrogens is 6. The molecule has 2 unspecified atom stereocenters. The first kappa shape index (κ1) is 87.2. The van der Waals surface area contributed by atoms with E-state index >= 15 is 0 Å². The van der Waals surface area contributed by atoms with Gasteiger partial charge < -0.3 is 30.7 Å². The first-order chi connectivity index (χ1) is 56.7. The van der Waals surface area contributed by atoms with Crippen LogP contribution in [0.2, 0.25) is 5.02 Å². The quantitative estimate of drug-likeness (QED) is 0.0229. The molecule has 0 saturated carbocycles. The Bertz CT molecular complexity index is 5530. The van der Waals surface area contributed by atoms with Crippen molar-refractivity contribution in [3.05, 3.63) is 184 Å². The maximum atomic E-state index is 13.3. The van der Waals surface area contributed by atoms with E-state index in [2.05, 4.69) is 63.2 Å². The van der Waals surface area contributed by atoms with E-state index in [-0.39, 0.29) is 109 Å². The van der Waals surface area contributed by atoms with Crippen molar-refractivity contribution in [3.63, 3.8) is 0 Å².